The van der Waals surface area contributed by atoms with Gasteiger partial charge >= 0.3 is 5.97 Å². The molecule has 1 heterocycles. The molecule has 0 bridgehead atoms. The molecule has 1 N–H and O–H groups in total. The lowest BCUT2D eigenvalue weighted by atomic mass is 9.87. The van der Waals surface area contributed by atoms with Gasteiger partial charge in [-0.05, 0) is 47.2 Å². The van der Waals surface area contributed by atoms with Crippen molar-refractivity contribution in [3.63, 3.8) is 0 Å². The molecule has 6 heteroatoms. The third-order valence-electron chi connectivity index (χ3n) is 4.92. The van der Waals surface area contributed by atoms with Gasteiger partial charge in [-0.1, -0.05) is 75.0 Å². The van der Waals surface area contributed by atoms with Gasteiger partial charge in [-0.25, -0.2) is 4.79 Å². The van der Waals surface area contributed by atoms with E-state index in [9.17, 15) is 9.59 Å². The lowest BCUT2D eigenvalue weighted by Crippen LogP contribution is -2.34. The smallest absolute Gasteiger partial charge is 0.333 e. The summed E-state index contributed by atoms with van der Waals surface area (Å²) in [5, 5.41) is 3.31. The Morgan fingerprint density at radius 1 is 1.03 bits per heavy atom. The SMILES string of the molecule is COC(=O)[C@H](NC(=O)c1ccc(Sc2cc(C(C)(C)C)ccc2C)o1)c1ccccc1. The monoisotopic (exact) mass is 437 g/mol. The topological polar surface area (TPSA) is 68.5 Å². The summed E-state index contributed by atoms with van der Waals surface area (Å²) in [6.07, 6.45) is 0. The summed E-state index contributed by atoms with van der Waals surface area (Å²) >= 11 is 1.47. The number of furan rings is 1. The highest BCUT2D eigenvalue weighted by Gasteiger charge is 2.25. The molecule has 1 aromatic heterocycles. The van der Waals surface area contributed by atoms with Gasteiger partial charge in [0.25, 0.3) is 5.91 Å². The average molecular weight is 438 g/mol. The number of amides is 1. The lowest BCUT2D eigenvalue weighted by Gasteiger charge is -2.20. The Balaban J connectivity index is 1.77. The molecule has 0 fully saturated rings. The second-order valence-electron chi connectivity index (χ2n) is 8.29. The van der Waals surface area contributed by atoms with E-state index in [0.29, 0.717) is 10.7 Å². The van der Waals surface area contributed by atoms with Crippen LogP contribution in [0.1, 0.15) is 54.1 Å². The zero-order chi connectivity index (χ0) is 22.6. The third kappa shape index (κ3) is 5.58. The maximum Gasteiger partial charge on any atom is 0.333 e. The van der Waals surface area contributed by atoms with Crippen molar-refractivity contribution in [2.45, 2.75) is 49.1 Å². The van der Waals surface area contributed by atoms with E-state index < -0.39 is 17.9 Å². The molecule has 162 valence electrons. The number of carbonyl (C=O) groups excluding carboxylic acids is 2. The zero-order valence-corrected chi connectivity index (χ0v) is 19.2. The van der Waals surface area contributed by atoms with E-state index in [-0.39, 0.29) is 11.2 Å². The summed E-state index contributed by atoms with van der Waals surface area (Å²) in [5.74, 6) is -0.890. The molecule has 5 nitrogen and oxygen atoms in total. The number of hydrogen-bond donors (Lipinski definition) is 1. The molecule has 0 aliphatic carbocycles. The summed E-state index contributed by atoms with van der Waals surface area (Å²) in [6, 6.07) is 17.8. The zero-order valence-electron chi connectivity index (χ0n) is 18.4. The number of carbonyl (C=O) groups is 2. The summed E-state index contributed by atoms with van der Waals surface area (Å²) in [7, 11) is 1.29. The molecule has 0 saturated carbocycles. The van der Waals surface area contributed by atoms with Crippen LogP contribution in [-0.2, 0) is 14.9 Å². The highest BCUT2D eigenvalue weighted by molar-refractivity contribution is 7.99. The second-order valence-corrected chi connectivity index (χ2v) is 9.34. The van der Waals surface area contributed by atoms with Crippen LogP contribution >= 0.6 is 11.8 Å². The summed E-state index contributed by atoms with van der Waals surface area (Å²) < 4.78 is 10.6. The van der Waals surface area contributed by atoms with Gasteiger partial charge < -0.3 is 14.5 Å². The van der Waals surface area contributed by atoms with Crippen molar-refractivity contribution in [3.05, 3.63) is 83.1 Å². The van der Waals surface area contributed by atoms with Crippen molar-refractivity contribution in [2.24, 2.45) is 0 Å². The number of ether oxygens (including phenoxy) is 1. The maximum absolute atomic E-state index is 12.7. The summed E-state index contributed by atoms with van der Waals surface area (Å²) in [6.45, 7) is 8.57. The number of aryl methyl sites for hydroxylation is 1. The molecule has 3 rings (SSSR count). The van der Waals surface area contributed by atoms with Gasteiger partial charge in [-0.15, -0.1) is 0 Å². The van der Waals surface area contributed by atoms with Gasteiger partial charge in [0.15, 0.2) is 16.9 Å². The Kier molecular flexibility index (Phi) is 6.91. The highest BCUT2D eigenvalue weighted by atomic mass is 32.2. The molecule has 0 aliphatic heterocycles. The predicted octanol–water partition coefficient (Wildman–Crippen LogP) is 5.68. The molecule has 2 aromatic carbocycles. The first kappa shape index (κ1) is 22.7. The Bertz CT molecular complexity index is 1070. The molecule has 0 aliphatic rings. The summed E-state index contributed by atoms with van der Waals surface area (Å²) in [5.41, 5.74) is 3.04. The molecule has 31 heavy (non-hydrogen) atoms. The Hall–Kier alpha value is -2.99. The minimum Gasteiger partial charge on any atom is -0.467 e. The van der Waals surface area contributed by atoms with E-state index in [4.69, 9.17) is 9.15 Å². The van der Waals surface area contributed by atoms with Crippen LogP contribution in [0.15, 0.2) is 75.1 Å². The first-order valence-corrected chi connectivity index (χ1v) is 10.8. The molecule has 0 radical (unpaired) electrons. The molecule has 0 spiro atoms. The fourth-order valence-corrected chi connectivity index (χ4v) is 3.93. The predicted molar refractivity (Wildman–Crippen MR) is 121 cm³/mol. The van der Waals surface area contributed by atoms with E-state index in [0.717, 1.165) is 10.5 Å². The van der Waals surface area contributed by atoms with Crippen LogP contribution in [0.25, 0.3) is 0 Å². The van der Waals surface area contributed by atoms with Gasteiger partial charge in [0.2, 0.25) is 0 Å². The Labute approximate surface area is 187 Å². The van der Waals surface area contributed by atoms with Gasteiger partial charge in [-0.3, -0.25) is 4.79 Å². The number of hydrogen-bond acceptors (Lipinski definition) is 5. The van der Waals surface area contributed by atoms with Gasteiger partial charge in [-0.2, -0.15) is 0 Å². The van der Waals surface area contributed by atoms with E-state index >= 15 is 0 Å². The highest BCUT2D eigenvalue weighted by Crippen LogP contribution is 2.35. The molecule has 0 saturated heterocycles. The number of esters is 1. The normalized spacial score (nSPS) is 12.3. The van der Waals surface area contributed by atoms with E-state index in [2.05, 4.69) is 44.3 Å². The fourth-order valence-electron chi connectivity index (χ4n) is 3.03. The minimum absolute atomic E-state index is 0.0392. The van der Waals surface area contributed by atoms with Crippen LogP contribution in [0.4, 0.5) is 0 Å². The number of nitrogens with one attached hydrogen (secondary N) is 1. The lowest BCUT2D eigenvalue weighted by molar-refractivity contribution is -0.143. The van der Waals surface area contributed by atoms with Crippen molar-refractivity contribution in [1.29, 1.82) is 0 Å². The third-order valence-corrected chi connectivity index (χ3v) is 6.00. The van der Waals surface area contributed by atoms with Crippen molar-refractivity contribution < 1.29 is 18.7 Å². The van der Waals surface area contributed by atoms with E-state index in [1.165, 1.54) is 24.4 Å². The van der Waals surface area contributed by atoms with Crippen LogP contribution in [-0.4, -0.2) is 19.0 Å². The van der Waals surface area contributed by atoms with Gasteiger partial charge in [0, 0.05) is 4.90 Å². The molecule has 0 unspecified atom stereocenters. The van der Waals surface area contributed by atoms with Crippen molar-refractivity contribution in [1.82, 2.24) is 5.32 Å². The molecular formula is C25H27NO4S. The first-order valence-electron chi connectivity index (χ1n) is 10.0. The van der Waals surface area contributed by atoms with Crippen LogP contribution < -0.4 is 5.32 Å². The quantitative estimate of drug-likeness (QED) is 0.503. The molecule has 1 amide bonds. The number of benzene rings is 2. The second kappa shape index (κ2) is 9.43. The van der Waals surface area contributed by atoms with Crippen LogP contribution in [0, 0.1) is 6.92 Å². The average Bonchev–Trinajstić information content (AvgIpc) is 3.21. The van der Waals surface area contributed by atoms with E-state index in [1.807, 2.05) is 13.0 Å². The Morgan fingerprint density at radius 2 is 1.74 bits per heavy atom. The van der Waals surface area contributed by atoms with Gasteiger partial charge in [0.1, 0.15) is 0 Å². The van der Waals surface area contributed by atoms with Crippen molar-refractivity contribution in [2.75, 3.05) is 7.11 Å². The largest absolute Gasteiger partial charge is 0.467 e. The molecular weight excluding hydrogens is 410 g/mol. The van der Waals surface area contributed by atoms with Crippen molar-refractivity contribution in [3.8, 4) is 0 Å². The number of methoxy groups -OCH3 is 1. The van der Waals surface area contributed by atoms with E-state index in [1.54, 1.807) is 36.4 Å². The van der Waals surface area contributed by atoms with Crippen LogP contribution in [0.5, 0.6) is 0 Å². The minimum atomic E-state index is -0.911. The fraction of sp³-hybridized carbons (Fsp3) is 0.280. The van der Waals surface area contributed by atoms with Gasteiger partial charge in [0.05, 0.1) is 7.11 Å². The molecule has 1 atom stereocenters. The van der Waals surface area contributed by atoms with Crippen LogP contribution in [0.3, 0.4) is 0 Å². The van der Waals surface area contributed by atoms with Crippen molar-refractivity contribution >= 4 is 23.6 Å². The molecule has 3 aromatic rings. The maximum atomic E-state index is 12.7. The number of rotatable bonds is 6. The summed E-state index contributed by atoms with van der Waals surface area (Å²) in [4.78, 5) is 26.0. The first-order chi connectivity index (χ1) is 14.7. The Morgan fingerprint density at radius 3 is 2.39 bits per heavy atom. The standard InChI is InChI=1S/C25H27NO4S/c1-16-11-12-18(25(2,3)4)15-20(16)31-21-14-13-19(30-21)23(27)26-22(24(28)29-5)17-9-7-6-8-10-17/h6-15,22H,1-5H3,(H,26,27)/t22-/m1/s1. The van der Waals surface area contributed by atoms with Crippen LogP contribution in [0.2, 0.25) is 0 Å².